The van der Waals surface area contributed by atoms with E-state index in [4.69, 9.17) is 14.2 Å². The lowest BCUT2D eigenvalue weighted by molar-refractivity contribution is -0.245. The number of carbonyl (C=O) groups is 1. The maximum absolute atomic E-state index is 12.7. The van der Waals surface area contributed by atoms with Crippen LogP contribution < -0.4 is 9.47 Å². The maximum Gasteiger partial charge on any atom is 0.226 e. The maximum atomic E-state index is 12.7. The summed E-state index contributed by atoms with van der Waals surface area (Å²) >= 11 is 0. The molecule has 0 saturated carbocycles. The van der Waals surface area contributed by atoms with Gasteiger partial charge >= 0.3 is 0 Å². The number of likely N-dealkylation sites (tertiary alicyclic amines) is 1. The van der Waals surface area contributed by atoms with Crippen molar-refractivity contribution in [2.45, 2.75) is 49.9 Å². The molecule has 0 unspecified atom stereocenters. The highest BCUT2D eigenvalue weighted by Gasteiger charge is 2.52. The third-order valence-electron chi connectivity index (χ3n) is 5.85. The molecule has 7 nitrogen and oxygen atoms in total. The summed E-state index contributed by atoms with van der Waals surface area (Å²) in [6.07, 6.45) is 0.776. The van der Waals surface area contributed by atoms with Gasteiger partial charge in [0, 0.05) is 19.5 Å². The molecule has 1 spiro atoms. The lowest BCUT2D eigenvalue weighted by atomic mass is 9.75. The van der Waals surface area contributed by atoms with Crippen molar-refractivity contribution in [2.75, 3.05) is 33.9 Å². The second kappa shape index (κ2) is 7.66. The molecule has 2 saturated heterocycles. The van der Waals surface area contributed by atoms with Gasteiger partial charge in [0.25, 0.3) is 0 Å². The van der Waals surface area contributed by atoms with Crippen LogP contribution in [0.25, 0.3) is 0 Å². The monoisotopic (exact) mass is 379 g/mol. The number of nitrogens with zero attached hydrogens (tertiary/aromatic N) is 1. The molecule has 0 aliphatic carbocycles. The Kier molecular flexibility index (Phi) is 5.65. The molecule has 1 amide bonds. The fourth-order valence-electron chi connectivity index (χ4n) is 4.07. The summed E-state index contributed by atoms with van der Waals surface area (Å²) in [7, 11) is 3.14. The Morgan fingerprint density at radius 3 is 2.52 bits per heavy atom. The number of aliphatic hydroxyl groups is 2. The fraction of sp³-hybridized carbons (Fsp3) is 0.650. The van der Waals surface area contributed by atoms with E-state index < -0.39 is 17.3 Å². The first kappa shape index (κ1) is 19.9. The topological polar surface area (TPSA) is 88.5 Å². The van der Waals surface area contributed by atoms with Crippen LogP contribution in [0.2, 0.25) is 0 Å². The number of piperidine rings is 1. The molecule has 3 rings (SSSR count). The summed E-state index contributed by atoms with van der Waals surface area (Å²) in [5, 5.41) is 21.0. The standard InChI is InChI=1S/C20H29NO6/c1-19(24)8-11-27-20(18(19)23)6-9-21(10-7-20)17(22)13-14-4-5-15(25-2)16(12-14)26-3/h4-5,12,18,23-24H,6-11,13H2,1-3H3/t18-,19+/m0/s1. The average molecular weight is 379 g/mol. The van der Waals surface area contributed by atoms with E-state index >= 15 is 0 Å². The summed E-state index contributed by atoms with van der Waals surface area (Å²) in [5.41, 5.74) is -1.05. The fourth-order valence-corrected chi connectivity index (χ4v) is 4.07. The summed E-state index contributed by atoms with van der Waals surface area (Å²) < 4.78 is 16.4. The predicted molar refractivity (Wildman–Crippen MR) is 99.0 cm³/mol. The van der Waals surface area contributed by atoms with Crippen molar-refractivity contribution in [3.63, 3.8) is 0 Å². The van der Waals surface area contributed by atoms with Gasteiger partial charge in [-0.05, 0) is 37.5 Å². The first-order valence-corrected chi connectivity index (χ1v) is 9.34. The lowest BCUT2D eigenvalue weighted by Crippen LogP contribution is -2.64. The number of benzene rings is 1. The molecule has 2 aliphatic heterocycles. The van der Waals surface area contributed by atoms with Crippen LogP contribution in [0.4, 0.5) is 0 Å². The second-order valence-corrected chi connectivity index (χ2v) is 7.67. The van der Waals surface area contributed by atoms with E-state index in [0.717, 1.165) is 5.56 Å². The minimum Gasteiger partial charge on any atom is -0.493 e. The largest absolute Gasteiger partial charge is 0.493 e. The molecule has 2 heterocycles. The molecule has 2 N–H and O–H groups in total. The average Bonchev–Trinajstić information content (AvgIpc) is 2.66. The Morgan fingerprint density at radius 2 is 1.89 bits per heavy atom. The van der Waals surface area contributed by atoms with Gasteiger partial charge in [-0.15, -0.1) is 0 Å². The Labute approximate surface area is 159 Å². The Morgan fingerprint density at radius 1 is 1.22 bits per heavy atom. The minimum atomic E-state index is -1.15. The third-order valence-corrected chi connectivity index (χ3v) is 5.85. The van der Waals surface area contributed by atoms with Crippen molar-refractivity contribution >= 4 is 5.91 Å². The van der Waals surface area contributed by atoms with Crippen LogP contribution in [0.3, 0.4) is 0 Å². The number of carbonyl (C=O) groups excluding carboxylic acids is 1. The van der Waals surface area contributed by atoms with Crippen molar-refractivity contribution in [3.8, 4) is 11.5 Å². The van der Waals surface area contributed by atoms with Gasteiger partial charge in [0.05, 0.1) is 32.8 Å². The molecular formula is C20H29NO6. The van der Waals surface area contributed by atoms with E-state index in [1.165, 1.54) is 0 Å². The van der Waals surface area contributed by atoms with E-state index in [1.807, 2.05) is 12.1 Å². The van der Waals surface area contributed by atoms with Crippen LogP contribution in [0.15, 0.2) is 18.2 Å². The van der Waals surface area contributed by atoms with Gasteiger partial charge in [-0.25, -0.2) is 0 Å². The number of aliphatic hydroxyl groups excluding tert-OH is 1. The quantitative estimate of drug-likeness (QED) is 0.816. The Hall–Kier alpha value is -1.83. The van der Waals surface area contributed by atoms with Gasteiger partial charge in [0.15, 0.2) is 11.5 Å². The van der Waals surface area contributed by atoms with Crippen LogP contribution in [0.5, 0.6) is 11.5 Å². The molecule has 1 aromatic rings. The zero-order valence-corrected chi connectivity index (χ0v) is 16.2. The van der Waals surface area contributed by atoms with Gasteiger partial charge in [-0.2, -0.15) is 0 Å². The predicted octanol–water partition coefficient (Wildman–Crippen LogP) is 1.14. The van der Waals surface area contributed by atoms with Crippen molar-refractivity contribution in [3.05, 3.63) is 23.8 Å². The van der Waals surface area contributed by atoms with E-state index in [2.05, 4.69) is 0 Å². The highest BCUT2D eigenvalue weighted by molar-refractivity contribution is 5.79. The highest BCUT2D eigenvalue weighted by atomic mass is 16.5. The third kappa shape index (κ3) is 3.90. The van der Waals surface area contributed by atoms with E-state index in [-0.39, 0.29) is 12.3 Å². The first-order chi connectivity index (χ1) is 12.8. The van der Waals surface area contributed by atoms with Crippen LogP contribution in [-0.2, 0) is 16.0 Å². The Bertz CT molecular complexity index is 681. The van der Waals surface area contributed by atoms with Crippen molar-refractivity contribution in [2.24, 2.45) is 0 Å². The number of hydrogen-bond donors (Lipinski definition) is 2. The molecule has 2 atom stereocenters. The van der Waals surface area contributed by atoms with Gasteiger partial charge in [0.2, 0.25) is 5.91 Å². The number of hydrogen-bond acceptors (Lipinski definition) is 6. The van der Waals surface area contributed by atoms with Crippen LogP contribution >= 0.6 is 0 Å². The molecule has 150 valence electrons. The first-order valence-electron chi connectivity index (χ1n) is 9.34. The number of ether oxygens (including phenoxy) is 3. The van der Waals surface area contributed by atoms with E-state index in [9.17, 15) is 15.0 Å². The molecule has 27 heavy (non-hydrogen) atoms. The van der Waals surface area contributed by atoms with Crippen LogP contribution in [0.1, 0.15) is 31.7 Å². The summed E-state index contributed by atoms with van der Waals surface area (Å²) in [5.74, 6) is 1.25. The summed E-state index contributed by atoms with van der Waals surface area (Å²) in [4.78, 5) is 14.5. The molecular weight excluding hydrogens is 350 g/mol. The van der Waals surface area contributed by atoms with Crippen molar-refractivity contribution in [1.29, 1.82) is 0 Å². The zero-order chi connectivity index (χ0) is 19.7. The smallest absolute Gasteiger partial charge is 0.226 e. The molecule has 0 radical (unpaired) electrons. The van der Waals surface area contributed by atoms with Crippen molar-refractivity contribution < 1.29 is 29.2 Å². The van der Waals surface area contributed by atoms with Gasteiger partial charge < -0.3 is 29.3 Å². The number of rotatable bonds is 4. The SMILES string of the molecule is COc1ccc(CC(=O)N2CCC3(CC2)OCC[C@@](C)(O)[C@@H]3O)cc1OC. The molecule has 2 aliphatic rings. The second-order valence-electron chi connectivity index (χ2n) is 7.67. The van der Waals surface area contributed by atoms with Crippen LogP contribution in [-0.4, -0.2) is 72.2 Å². The molecule has 0 bridgehead atoms. The molecule has 0 aromatic heterocycles. The number of amides is 1. The van der Waals surface area contributed by atoms with Gasteiger partial charge in [-0.1, -0.05) is 6.07 Å². The highest BCUT2D eigenvalue weighted by Crippen LogP contribution is 2.40. The van der Waals surface area contributed by atoms with E-state index in [1.54, 1.807) is 32.1 Å². The normalized spacial score (nSPS) is 27.4. The van der Waals surface area contributed by atoms with E-state index in [0.29, 0.717) is 50.5 Å². The zero-order valence-electron chi connectivity index (χ0n) is 16.2. The van der Waals surface area contributed by atoms with Gasteiger partial charge in [0.1, 0.15) is 11.7 Å². The summed E-state index contributed by atoms with van der Waals surface area (Å²) in [6.45, 7) is 3.07. The number of methoxy groups -OCH3 is 2. The molecule has 2 fully saturated rings. The minimum absolute atomic E-state index is 0.0223. The Balaban J connectivity index is 1.62. The molecule has 7 heteroatoms. The summed E-state index contributed by atoms with van der Waals surface area (Å²) in [6, 6.07) is 5.46. The van der Waals surface area contributed by atoms with Gasteiger partial charge in [-0.3, -0.25) is 4.79 Å². The van der Waals surface area contributed by atoms with Crippen molar-refractivity contribution in [1.82, 2.24) is 4.90 Å². The van der Waals surface area contributed by atoms with Crippen LogP contribution in [0, 0.1) is 0 Å². The lowest BCUT2D eigenvalue weighted by Gasteiger charge is -2.51. The molecule has 1 aromatic carbocycles.